The summed E-state index contributed by atoms with van der Waals surface area (Å²) in [6.07, 6.45) is 2.51. The van der Waals surface area contributed by atoms with E-state index < -0.39 is 0 Å². The molecular weight excluding hydrogens is 302 g/mol. The first-order valence-corrected chi connectivity index (χ1v) is 9.28. The number of ether oxygens (including phenoxy) is 1. The molecular formula is C19H25N3O2. The Morgan fingerprint density at radius 2 is 1.83 bits per heavy atom. The van der Waals surface area contributed by atoms with Crippen LogP contribution in [0, 0.1) is 5.92 Å². The van der Waals surface area contributed by atoms with Crippen LogP contribution in [0.3, 0.4) is 0 Å². The van der Waals surface area contributed by atoms with Gasteiger partial charge in [0.2, 0.25) is 0 Å². The summed E-state index contributed by atoms with van der Waals surface area (Å²) in [5.41, 5.74) is 3.37. The smallest absolute Gasteiger partial charge is 0.254 e. The molecule has 4 saturated heterocycles. The van der Waals surface area contributed by atoms with E-state index in [-0.39, 0.29) is 5.91 Å². The average molecular weight is 327 g/mol. The summed E-state index contributed by atoms with van der Waals surface area (Å²) in [5, 5.41) is 0. The molecule has 1 amide bonds. The van der Waals surface area contributed by atoms with E-state index >= 15 is 0 Å². The molecule has 0 spiro atoms. The minimum atomic E-state index is 0.247. The van der Waals surface area contributed by atoms with Gasteiger partial charge in [-0.15, -0.1) is 0 Å². The van der Waals surface area contributed by atoms with Gasteiger partial charge in [-0.25, -0.2) is 0 Å². The number of amides is 1. The van der Waals surface area contributed by atoms with Gasteiger partial charge in [-0.05, 0) is 55.6 Å². The normalized spacial score (nSPS) is 32.3. The van der Waals surface area contributed by atoms with Crippen molar-refractivity contribution in [3.63, 3.8) is 0 Å². The highest BCUT2D eigenvalue weighted by atomic mass is 16.5. The van der Waals surface area contributed by atoms with E-state index in [4.69, 9.17) is 4.74 Å². The number of hydrogen-bond acceptors (Lipinski definition) is 4. The summed E-state index contributed by atoms with van der Waals surface area (Å²) in [7, 11) is 0. The monoisotopic (exact) mass is 327 g/mol. The Labute approximate surface area is 143 Å². The van der Waals surface area contributed by atoms with Crippen LogP contribution < -0.4 is 4.90 Å². The molecule has 24 heavy (non-hydrogen) atoms. The van der Waals surface area contributed by atoms with Gasteiger partial charge in [-0.1, -0.05) is 0 Å². The Morgan fingerprint density at radius 1 is 1.04 bits per heavy atom. The molecule has 0 saturated carbocycles. The first kappa shape index (κ1) is 14.7. The Morgan fingerprint density at radius 3 is 2.54 bits per heavy atom. The van der Waals surface area contributed by atoms with Gasteiger partial charge in [-0.2, -0.15) is 0 Å². The topological polar surface area (TPSA) is 36.0 Å². The number of hydrogen-bond donors (Lipinski definition) is 0. The molecule has 5 aliphatic rings. The fourth-order valence-corrected chi connectivity index (χ4v) is 4.90. The van der Waals surface area contributed by atoms with Crippen molar-refractivity contribution in [2.24, 2.45) is 5.92 Å². The van der Waals surface area contributed by atoms with Crippen molar-refractivity contribution in [1.29, 1.82) is 0 Å². The van der Waals surface area contributed by atoms with Crippen LogP contribution in [0.5, 0.6) is 0 Å². The van der Waals surface area contributed by atoms with Gasteiger partial charge in [-0.3, -0.25) is 4.79 Å². The zero-order valence-corrected chi connectivity index (χ0v) is 14.1. The van der Waals surface area contributed by atoms with Crippen LogP contribution in [-0.2, 0) is 11.3 Å². The Kier molecular flexibility index (Phi) is 3.52. The van der Waals surface area contributed by atoms with E-state index in [9.17, 15) is 4.79 Å². The lowest BCUT2D eigenvalue weighted by Gasteiger charge is -2.48. The molecule has 5 heterocycles. The third-order valence-electron chi connectivity index (χ3n) is 6.32. The molecule has 5 aliphatic heterocycles. The van der Waals surface area contributed by atoms with Gasteiger partial charge >= 0.3 is 0 Å². The van der Waals surface area contributed by atoms with E-state index in [0.29, 0.717) is 12.0 Å². The Hall–Kier alpha value is -1.59. The van der Waals surface area contributed by atoms with Crippen molar-refractivity contribution in [3.05, 3.63) is 29.3 Å². The van der Waals surface area contributed by atoms with Gasteiger partial charge in [0.05, 0.1) is 13.2 Å². The second kappa shape index (κ2) is 5.74. The molecule has 0 aliphatic carbocycles. The van der Waals surface area contributed by atoms with Crippen LogP contribution in [0.4, 0.5) is 5.69 Å². The minimum Gasteiger partial charge on any atom is -0.378 e. The van der Waals surface area contributed by atoms with Crippen molar-refractivity contribution in [1.82, 2.24) is 9.80 Å². The third kappa shape index (κ3) is 2.33. The number of anilines is 1. The van der Waals surface area contributed by atoms with Crippen LogP contribution in [0.15, 0.2) is 18.2 Å². The second-order valence-electron chi connectivity index (χ2n) is 7.58. The van der Waals surface area contributed by atoms with Crippen molar-refractivity contribution >= 4 is 11.6 Å². The standard InChI is InChI=1S/C19H25N3O2/c23-19-17-2-1-16(21-7-9-24-10-8-21)11-15(17)12-22(19)18-13-20-5-3-14(18)4-6-20/h1-2,11,14,18H,3-10,12-13H2. The Bertz CT molecular complexity index is 648. The Balaban J connectivity index is 1.38. The third-order valence-corrected chi connectivity index (χ3v) is 6.32. The van der Waals surface area contributed by atoms with Crippen molar-refractivity contribution in [2.75, 3.05) is 50.8 Å². The minimum absolute atomic E-state index is 0.247. The number of morpholine rings is 1. The molecule has 5 heteroatoms. The highest BCUT2D eigenvalue weighted by Gasteiger charge is 2.42. The predicted octanol–water partition coefficient (Wildman–Crippen LogP) is 1.57. The summed E-state index contributed by atoms with van der Waals surface area (Å²) >= 11 is 0. The average Bonchev–Trinajstić information content (AvgIpc) is 2.99. The maximum absolute atomic E-state index is 12.9. The van der Waals surface area contributed by atoms with Gasteiger partial charge in [0.25, 0.3) is 5.91 Å². The summed E-state index contributed by atoms with van der Waals surface area (Å²) in [6, 6.07) is 6.81. The largest absolute Gasteiger partial charge is 0.378 e. The van der Waals surface area contributed by atoms with Gasteiger partial charge in [0.1, 0.15) is 0 Å². The molecule has 1 aromatic carbocycles. The first-order chi connectivity index (χ1) is 11.8. The number of nitrogens with zero attached hydrogens (tertiary/aromatic N) is 3. The molecule has 4 fully saturated rings. The second-order valence-corrected chi connectivity index (χ2v) is 7.58. The molecule has 0 aromatic heterocycles. The molecule has 0 N–H and O–H groups in total. The highest BCUT2D eigenvalue weighted by molar-refractivity contribution is 5.99. The van der Waals surface area contributed by atoms with E-state index in [2.05, 4.69) is 26.8 Å². The highest BCUT2D eigenvalue weighted by Crippen LogP contribution is 2.36. The maximum Gasteiger partial charge on any atom is 0.254 e. The molecule has 1 atom stereocenters. The zero-order valence-electron chi connectivity index (χ0n) is 14.1. The fourth-order valence-electron chi connectivity index (χ4n) is 4.90. The van der Waals surface area contributed by atoms with Gasteiger partial charge in [0.15, 0.2) is 0 Å². The van der Waals surface area contributed by atoms with E-state index in [0.717, 1.165) is 45.0 Å². The predicted molar refractivity (Wildman–Crippen MR) is 92.3 cm³/mol. The molecule has 128 valence electrons. The van der Waals surface area contributed by atoms with Crippen LogP contribution in [0.1, 0.15) is 28.8 Å². The SMILES string of the molecule is O=C1c2ccc(N3CCOCC3)cc2CN1C1CN2CCC1CC2. The van der Waals surface area contributed by atoms with Gasteiger partial charge in [0, 0.05) is 43.5 Å². The van der Waals surface area contributed by atoms with Crippen molar-refractivity contribution in [2.45, 2.75) is 25.4 Å². The maximum atomic E-state index is 12.9. The molecule has 1 unspecified atom stereocenters. The number of rotatable bonds is 2. The lowest BCUT2D eigenvalue weighted by molar-refractivity contribution is 0.00846. The number of carbonyl (C=O) groups excluding carboxylic acids is 1. The number of fused-ring (bicyclic) bond motifs is 4. The lowest BCUT2D eigenvalue weighted by Crippen LogP contribution is -2.57. The van der Waals surface area contributed by atoms with E-state index in [1.54, 1.807) is 0 Å². The molecule has 2 bridgehead atoms. The zero-order chi connectivity index (χ0) is 16.1. The lowest BCUT2D eigenvalue weighted by atomic mass is 9.83. The summed E-state index contributed by atoms with van der Waals surface area (Å²) in [6.45, 7) is 7.77. The number of piperidine rings is 3. The van der Waals surface area contributed by atoms with Gasteiger partial charge < -0.3 is 19.4 Å². The number of benzene rings is 1. The van der Waals surface area contributed by atoms with E-state index in [1.807, 2.05) is 6.07 Å². The van der Waals surface area contributed by atoms with E-state index in [1.165, 1.54) is 37.2 Å². The molecule has 6 rings (SSSR count). The summed E-state index contributed by atoms with van der Waals surface area (Å²) in [5.74, 6) is 0.948. The first-order valence-electron chi connectivity index (χ1n) is 9.28. The molecule has 0 radical (unpaired) electrons. The van der Waals surface area contributed by atoms with Crippen LogP contribution >= 0.6 is 0 Å². The molecule has 1 aromatic rings. The number of carbonyl (C=O) groups is 1. The van der Waals surface area contributed by atoms with Crippen LogP contribution in [-0.4, -0.2) is 67.7 Å². The van der Waals surface area contributed by atoms with Crippen molar-refractivity contribution in [3.8, 4) is 0 Å². The van der Waals surface area contributed by atoms with Crippen LogP contribution in [0.25, 0.3) is 0 Å². The summed E-state index contributed by atoms with van der Waals surface area (Å²) < 4.78 is 5.45. The van der Waals surface area contributed by atoms with Crippen LogP contribution in [0.2, 0.25) is 0 Å². The summed E-state index contributed by atoms with van der Waals surface area (Å²) in [4.78, 5) is 20.0. The molecule has 5 nitrogen and oxygen atoms in total. The fraction of sp³-hybridized carbons (Fsp3) is 0.632. The van der Waals surface area contributed by atoms with Crippen molar-refractivity contribution < 1.29 is 9.53 Å². The quantitative estimate of drug-likeness (QED) is 0.826.